The Morgan fingerprint density at radius 1 is 0.780 bits per heavy atom. The van der Waals surface area contributed by atoms with Crippen LogP contribution >= 0.6 is 11.6 Å². The lowest BCUT2D eigenvalue weighted by Gasteiger charge is -2.19. The summed E-state index contributed by atoms with van der Waals surface area (Å²) in [5.41, 5.74) is 2.66. The highest BCUT2D eigenvalue weighted by Crippen LogP contribution is 2.35. The minimum atomic E-state index is -1.25. The molecule has 5 aromatic rings. The number of nitrogens with zero attached hydrogens (tertiary/aromatic N) is 2. The van der Waals surface area contributed by atoms with E-state index in [0.717, 1.165) is 4.90 Å². The molecule has 1 atom stereocenters. The van der Waals surface area contributed by atoms with Crippen molar-refractivity contribution in [1.29, 1.82) is 0 Å². The molecule has 0 fully saturated rings. The molecule has 8 heteroatoms. The van der Waals surface area contributed by atoms with Gasteiger partial charge < -0.3 is 4.74 Å². The Kier molecular flexibility index (Phi) is 6.65. The number of ketones is 1. The van der Waals surface area contributed by atoms with Crippen molar-refractivity contribution < 1.29 is 23.9 Å². The Morgan fingerprint density at radius 2 is 1.44 bits per heavy atom. The van der Waals surface area contributed by atoms with E-state index in [0.29, 0.717) is 32.7 Å². The molecule has 1 aromatic heterocycles. The average Bonchev–Trinajstić information content (AvgIpc) is 3.27. The van der Waals surface area contributed by atoms with Gasteiger partial charge in [0.2, 0.25) is 5.78 Å². The number of carbonyl (C=O) groups is 4. The second-order valence-corrected chi connectivity index (χ2v) is 9.96. The van der Waals surface area contributed by atoms with Gasteiger partial charge in [-0.2, -0.15) is 0 Å². The second kappa shape index (κ2) is 10.4. The Bertz CT molecular complexity index is 1870. The van der Waals surface area contributed by atoms with Crippen LogP contribution in [0.5, 0.6) is 0 Å². The lowest BCUT2D eigenvalue weighted by atomic mass is 9.99. The lowest BCUT2D eigenvalue weighted by molar-refractivity contribution is 0.0280. The zero-order chi connectivity index (χ0) is 28.7. The summed E-state index contributed by atoms with van der Waals surface area (Å²) in [6, 6.07) is 28.1. The van der Waals surface area contributed by atoms with Gasteiger partial charge in [-0.1, -0.05) is 78.3 Å². The van der Waals surface area contributed by atoms with Crippen molar-refractivity contribution in [3.63, 3.8) is 0 Å². The Morgan fingerprint density at radius 3 is 2.20 bits per heavy atom. The number of anilines is 1. The zero-order valence-electron chi connectivity index (χ0n) is 21.7. The Labute approximate surface area is 240 Å². The maximum Gasteiger partial charge on any atom is 0.339 e. The van der Waals surface area contributed by atoms with E-state index in [9.17, 15) is 19.2 Å². The van der Waals surface area contributed by atoms with Gasteiger partial charge in [-0.15, -0.1) is 0 Å². The molecule has 4 aromatic carbocycles. The molecule has 0 bridgehead atoms. The summed E-state index contributed by atoms with van der Waals surface area (Å²) in [7, 11) is 0. The van der Waals surface area contributed by atoms with Gasteiger partial charge in [0, 0.05) is 21.5 Å². The summed E-state index contributed by atoms with van der Waals surface area (Å²) >= 11 is 6.04. The van der Waals surface area contributed by atoms with Crippen molar-refractivity contribution in [2.24, 2.45) is 0 Å². The van der Waals surface area contributed by atoms with Gasteiger partial charge >= 0.3 is 5.97 Å². The van der Waals surface area contributed by atoms with Crippen LogP contribution in [0.25, 0.3) is 10.9 Å². The third-order valence-electron chi connectivity index (χ3n) is 6.94. The average molecular weight is 561 g/mol. The summed E-state index contributed by atoms with van der Waals surface area (Å²) in [4.78, 5) is 59.4. The molecule has 0 aliphatic carbocycles. The van der Waals surface area contributed by atoms with E-state index >= 15 is 0 Å². The molecule has 7 nitrogen and oxygen atoms in total. The van der Waals surface area contributed by atoms with Crippen LogP contribution in [-0.2, 0) is 4.74 Å². The first-order valence-electron chi connectivity index (χ1n) is 12.8. The zero-order valence-corrected chi connectivity index (χ0v) is 22.5. The number of carbonyl (C=O) groups excluding carboxylic acids is 4. The summed E-state index contributed by atoms with van der Waals surface area (Å²) in [6.07, 6.45) is -1.25. The van der Waals surface area contributed by atoms with Crippen LogP contribution < -0.4 is 4.90 Å². The molecule has 0 spiro atoms. The topological polar surface area (TPSA) is 93.6 Å². The smallest absolute Gasteiger partial charge is 0.339 e. The number of para-hydroxylation sites is 1. The number of pyridine rings is 1. The third-order valence-corrected chi connectivity index (χ3v) is 7.19. The van der Waals surface area contributed by atoms with Crippen molar-refractivity contribution >= 4 is 51.8 Å². The van der Waals surface area contributed by atoms with Crippen molar-refractivity contribution in [3.8, 4) is 0 Å². The summed E-state index contributed by atoms with van der Waals surface area (Å²) in [5.74, 6) is -2.23. The van der Waals surface area contributed by atoms with E-state index in [2.05, 4.69) is 4.98 Å². The number of hydrogen-bond donors (Lipinski definition) is 0. The number of imide groups is 1. The first-order valence-corrected chi connectivity index (χ1v) is 13.1. The van der Waals surface area contributed by atoms with E-state index in [4.69, 9.17) is 16.3 Å². The van der Waals surface area contributed by atoms with Crippen molar-refractivity contribution in [3.05, 3.63) is 142 Å². The molecule has 0 saturated heterocycles. The molecule has 41 heavy (non-hydrogen) atoms. The van der Waals surface area contributed by atoms with E-state index in [-0.39, 0.29) is 22.4 Å². The fourth-order valence-electron chi connectivity index (χ4n) is 4.98. The molecule has 1 aliphatic rings. The van der Waals surface area contributed by atoms with Crippen molar-refractivity contribution in [2.75, 3.05) is 4.90 Å². The maximum absolute atomic E-state index is 13.6. The quantitative estimate of drug-likeness (QED) is 0.129. The fourth-order valence-corrected chi connectivity index (χ4v) is 5.11. The summed E-state index contributed by atoms with van der Waals surface area (Å²) in [6.45, 7) is 1.69. The van der Waals surface area contributed by atoms with Crippen LogP contribution in [0.2, 0.25) is 5.02 Å². The third kappa shape index (κ3) is 4.66. The molecule has 6 rings (SSSR count). The van der Waals surface area contributed by atoms with Crippen LogP contribution in [0.3, 0.4) is 0 Å². The predicted octanol–water partition coefficient (Wildman–Crippen LogP) is 6.78. The molecule has 0 N–H and O–H groups in total. The molecular formula is C33H21ClN2O5. The molecule has 1 aliphatic heterocycles. The molecule has 200 valence electrons. The fraction of sp³-hybridized carbons (Fsp3) is 0.0606. The highest BCUT2D eigenvalue weighted by atomic mass is 35.5. The molecule has 1 unspecified atom stereocenters. The lowest BCUT2D eigenvalue weighted by Crippen LogP contribution is -2.29. The van der Waals surface area contributed by atoms with Gasteiger partial charge in [-0.05, 0) is 43.3 Å². The van der Waals surface area contributed by atoms with E-state index in [1.165, 1.54) is 12.1 Å². The number of benzene rings is 4. The van der Waals surface area contributed by atoms with Gasteiger partial charge in [0.1, 0.15) is 0 Å². The van der Waals surface area contributed by atoms with Crippen LogP contribution in [0, 0.1) is 6.92 Å². The number of aryl methyl sites for hydroxylation is 1. The van der Waals surface area contributed by atoms with Crippen LogP contribution in [0.4, 0.5) is 5.69 Å². The number of ether oxygens (including phenoxy) is 1. The summed E-state index contributed by atoms with van der Waals surface area (Å²) in [5, 5.41) is 1.05. The Balaban J connectivity index is 1.34. The highest BCUT2D eigenvalue weighted by molar-refractivity contribution is 6.38. The van der Waals surface area contributed by atoms with E-state index in [1.807, 2.05) is 6.07 Å². The predicted molar refractivity (Wildman–Crippen MR) is 154 cm³/mol. The number of rotatable bonds is 6. The minimum Gasteiger partial charge on any atom is -0.445 e. The van der Waals surface area contributed by atoms with Gasteiger partial charge in [-0.3, -0.25) is 19.4 Å². The monoisotopic (exact) mass is 560 g/mol. The van der Waals surface area contributed by atoms with Crippen LogP contribution in [0.15, 0.2) is 103 Å². The van der Waals surface area contributed by atoms with Gasteiger partial charge in [0.15, 0.2) is 6.10 Å². The standard InChI is InChI=1S/C33H21ClN2O5/c1-19-27-28(25-12-5-6-13-26(25)35-19)32(39)36(31(27)38)24-11-7-10-22(18-24)33(40)41-30(21-14-16-23(34)17-15-21)29(37)20-8-3-2-4-9-20/h2-18,30H,1H3. The first-order chi connectivity index (χ1) is 19.8. The number of esters is 1. The van der Waals surface area contributed by atoms with Crippen LogP contribution in [-0.4, -0.2) is 28.6 Å². The summed E-state index contributed by atoms with van der Waals surface area (Å²) < 4.78 is 5.76. The highest BCUT2D eigenvalue weighted by Gasteiger charge is 2.40. The van der Waals surface area contributed by atoms with E-state index < -0.39 is 29.7 Å². The molecule has 0 saturated carbocycles. The van der Waals surface area contributed by atoms with Crippen molar-refractivity contribution in [2.45, 2.75) is 13.0 Å². The van der Waals surface area contributed by atoms with Crippen molar-refractivity contribution in [1.82, 2.24) is 4.98 Å². The molecule has 0 radical (unpaired) electrons. The molecule has 2 amide bonds. The van der Waals surface area contributed by atoms with E-state index in [1.54, 1.807) is 91.9 Å². The largest absolute Gasteiger partial charge is 0.445 e. The SMILES string of the molecule is Cc1nc2ccccc2c2c1C(=O)N(c1cccc(C(=O)OC(C(=O)c3ccccc3)c3ccc(Cl)cc3)c1)C2=O. The normalized spacial score (nSPS) is 13.3. The maximum atomic E-state index is 13.6. The number of halogens is 1. The van der Waals surface area contributed by atoms with Gasteiger partial charge in [0.05, 0.1) is 33.6 Å². The number of aromatic nitrogens is 1. The molecular weight excluding hydrogens is 540 g/mol. The van der Waals surface area contributed by atoms with Gasteiger partial charge in [0.25, 0.3) is 11.8 Å². The second-order valence-electron chi connectivity index (χ2n) is 9.53. The Hall–Kier alpha value is -5.14. The number of amides is 2. The van der Waals surface area contributed by atoms with Gasteiger partial charge in [-0.25, -0.2) is 9.69 Å². The molecule has 2 heterocycles. The number of hydrogen-bond acceptors (Lipinski definition) is 6. The van der Waals surface area contributed by atoms with Crippen LogP contribution in [0.1, 0.15) is 58.8 Å². The number of fused-ring (bicyclic) bond motifs is 3. The number of Topliss-reactive ketones (excluding diaryl/α,β-unsaturated/α-hetero) is 1. The minimum absolute atomic E-state index is 0.0681. The first kappa shape index (κ1) is 26.1.